The summed E-state index contributed by atoms with van der Waals surface area (Å²) in [6, 6.07) is 7.49. The van der Waals surface area contributed by atoms with Crippen LogP contribution in [-0.4, -0.2) is 17.6 Å². The summed E-state index contributed by atoms with van der Waals surface area (Å²) in [7, 11) is 0. The van der Waals surface area contributed by atoms with E-state index in [4.69, 9.17) is 4.52 Å². The summed E-state index contributed by atoms with van der Waals surface area (Å²) in [6.07, 6.45) is 1.46. The van der Waals surface area contributed by atoms with Gasteiger partial charge >= 0.3 is 0 Å². The van der Waals surface area contributed by atoms with Gasteiger partial charge in [-0.2, -0.15) is 0 Å². The summed E-state index contributed by atoms with van der Waals surface area (Å²) >= 11 is 0. The van der Waals surface area contributed by atoms with E-state index in [0.717, 1.165) is 17.9 Å². The zero-order valence-corrected chi connectivity index (χ0v) is 10.6. The van der Waals surface area contributed by atoms with Gasteiger partial charge < -0.3 is 9.84 Å². The molecule has 19 heavy (non-hydrogen) atoms. The van der Waals surface area contributed by atoms with E-state index in [1.807, 2.05) is 13.0 Å². The van der Waals surface area contributed by atoms with Crippen LogP contribution in [0.3, 0.4) is 0 Å². The van der Waals surface area contributed by atoms with Crippen molar-refractivity contribution in [2.75, 3.05) is 6.54 Å². The molecule has 5 heteroatoms. The van der Waals surface area contributed by atoms with Gasteiger partial charge in [0.25, 0.3) is 5.91 Å². The number of aromatic nitrogens is 1. The number of hydrogen-bond acceptors (Lipinski definition) is 3. The molecule has 1 amide bonds. The minimum absolute atomic E-state index is 0.270. The topological polar surface area (TPSA) is 55.1 Å². The van der Waals surface area contributed by atoms with Crippen molar-refractivity contribution in [2.45, 2.75) is 19.8 Å². The Labute approximate surface area is 110 Å². The molecular formula is C14H15FN2O2. The molecule has 0 spiro atoms. The highest BCUT2D eigenvalue weighted by Gasteiger charge is 2.06. The highest BCUT2D eigenvalue weighted by molar-refractivity contribution is 5.94. The third kappa shape index (κ3) is 3.91. The first-order valence-corrected chi connectivity index (χ1v) is 6.11. The second-order valence-corrected chi connectivity index (χ2v) is 4.30. The quantitative estimate of drug-likeness (QED) is 0.842. The third-order valence-corrected chi connectivity index (χ3v) is 2.65. The zero-order chi connectivity index (χ0) is 13.7. The van der Waals surface area contributed by atoms with Crippen LogP contribution in [0, 0.1) is 12.7 Å². The molecule has 0 atom stereocenters. The summed E-state index contributed by atoms with van der Waals surface area (Å²) in [5.74, 6) is 0.121. The maximum absolute atomic E-state index is 12.9. The van der Waals surface area contributed by atoms with Crippen molar-refractivity contribution in [1.29, 1.82) is 0 Å². The minimum atomic E-state index is -0.412. The van der Waals surface area contributed by atoms with Crippen molar-refractivity contribution >= 4 is 5.91 Å². The molecule has 100 valence electrons. The number of benzene rings is 1. The summed E-state index contributed by atoms with van der Waals surface area (Å²) in [6.45, 7) is 2.37. The maximum atomic E-state index is 12.9. The van der Waals surface area contributed by atoms with Crippen molar-refractivity contribution in [1.82, 2.24) is 10.5 Å². The highest BCUT2D eigenvalue weighted by Crippen LogP contribution is 2.05. The second kappa shape index (κ2) is 6.13. The molecule has 2 aromatic rings. The van der Waals surface area contributed by atoms with Gasteiger partial charge in [0.1, 0.15) is 11.6 Å². The van der Waals surface area contributed by atoms with E-state index in [0.29, 0.717) is 18.5 Å². The lowest BCUT2D eigenvalue weighted by molar-refractivity contribution is 0.0952. The second-order valence-electron chi connectivity index (χ2n) is 4.30. The number of hydrogen-bond donors (Lipinski definition) is 1. The van der Waals surface area contributed by atoms with Crippen molar-refractivity contribution < 1.29 is 13.7 Å². The van der Waals surface area contributed by atoms with Gasteiger partial charge in [0.15, 0.2) is 0 Å². The van der Waals surface area contributed by atoms with Gasteiger partial charge in [0.2, 0.25) is 0 Å². The maximum Gasteiger partial charge on any atom is 0.251 e. The first-order valence-electron chi connectivity index (χ1n) is 6.11. The molecule has 2 rings (SSSR count). The SMILES string of the molecule is Cc1cc(CCCNC(=O)c2cccc(F)c2)on1. The average Bonchev–Trinajstić information content (AvgIpc) is 2.80. The molecule has 1 N–H and O–H groups in total. The number of carbonyl (C=O) groups is 1. The van der Waals surface area contributed by atoms with E-state index in [-0.39, 0.29) is 5.91 Å². The van der Waals surface area contributed by atoms with Gasteiger partial charge in [-0.3, -0.25) is 4.79 Å². The highest BCUT2D eigenvalue weighted by atomic mass is 19.1. The van der Waals surface area contributed by atoms with Crippen LogP contribution in [0.25, 0.3) is 0 Å². The first-order chi connectivity index (χ1) is 9.15. The standard InChI is InChI=1S/C14H15FN2O2/c1-10-8-13(19-17-10)6-3-7-16-14(18)11-4-2-5-12(15)9-11/h2,4-5,8-9H,3,6-7H2,1H3,(H,16,18). The number of rotatable bonds is 5. The van der Waals surface area contributed by atoms with Gasteiger partial charge in [-0.25, -0.2) is 4.39 Å². The Morgan fingerprint density at radius 3 is 2.95 bits per heavy atom. The fourth-order valence-corrected chi connectivity index (χ4v) is 1.73. The molecule has 0 saturated heterocycles. The fraction of sp³-hybridized carbons (Fsp3) is 0.286. The lowest BCUT2D eigenvalue weighted by Gasteiger charge is -2.04. The minimum Gasteiger partial charge on any atom is -0.361 e. The van der Waals surface area contributed by atoms with Gasteiger partial charge in [-0.05, 0) is 31.5 Å². The third-order valence-electron chi connectivity index (χ3n) is 2.65. The molecule has 0 fully saturated rings. The Bertz CT molecular complexity index is 566. The molecule has 1 aromatic heterocycles. The van der Waals surface area contributed by atoms with E-state index >= 15 is 0 Å². The van der Waals surface area contributed by atoms with E-state index in [9.17, 15) is 9.18 Å². The molecular weight excluding hydrogens is 247 g/mol. The molecule has 1 aromatic carbocycles. The van der Waals surface area contributed by atoms with Crippen molar-refractivity contribution in [3.8, 4) is 0 Å². The van der Waals surface area contributed by atoms with E-state index in [1.54, 1.807) is 6.07 Å². The van der Waals surface area contributed by atoms with Crippen LogP contribution < -0.4 is 5.32 Å². The summed E-state index contributed by atoms with van der Waals surface area (Å²) in [5.41, 5.74) is 1.18. The van der Waals surface area contributed by atoms with Crippen molar-refractivity contribution in [2.24, 2.45) is 0 Å². The lowest BCUT2D eigenvalue weighted by Crippen LogP contribution is -2.24. The molecule has 0 unspecified atom stereocenters. The molecule has 4 nitrogen and oxygen atoms in total. The monoisotopic (exact) mass is 262 g/mol. The number of nitrogens with one attached hydrogen (secondary N) is 1. The number of carbonyl (C=O) groups excluding carboxylic acids is 1. The van der Waals surface area contributed by atoms with Crippen molar-refractivity contribution in [3.63, 3.8) is 0 Å². The van der Waals surface area contributed by atoms with Crippen LogP contribution in [0.4, 0.5) is 4.39 Å². The Morgan fingerprint density at radius 1 is 1.42 bits per heavy atom. The van der Waals surface area contributed by atoms with E-state index in [1.165, 1.54) is 18.2 Å². The molecule has 0 aliphatic heterocycles. The fourth-order valence-electron chi connectivity index (χ4n) is 1.73. The largest absolute Gasteiger partial charge is 0.361 e. The zero-order valence-electron chi connectivity index (χ0n) is 10.6. The van der Waals surface area contributed by atoms with Crippen LogP contribution in [0.1, 0.15) is 28.2 Å². The number of amides is 1. The number of halogens is 1. The van der Waals surface area contributed by atoms with Crippen LogP contribution in [0.5, 0.6) is 0 Å². The molecule has 0 aliphatic rings. The Kier molecular flexibility index (Phi) is 4.28. The molecule has 0 bridgehead atoms. The summed E-state index contributed by atoms with van der Waals surface area (Å²) < 4.78 is 18.0. The van der Waals surface area contributed by atoms with E-state index in [2.05, 4.69) is 10.5 Å². The Hall–Kier alpha value is -2.17. The number of nitrogens with zero attached hydrogens (tertiary/aromatic N) is 1. The predicted molar refractivity (Wildman–Crippen MR) is 68.3 cm³/mol. The Morgan fingerprint density at radius 2 is 2.26 bits per heavy atom. The molecule has 0 saturated carbocycles. The van der Waals surface area contributed by atoms with Crippen molar-refractivity contribution in [3.05, 3.63) is 53.2 Å². The molecule has 1 heterocycles. The normalized spacial score (nSPS) is 10.4. The van der Waals surface area contributed by atoms with Crippen LogP contribution in [0.15, 0.2) is 34.9 Å². The summed E-state index contributed by atoms with van der Waals surface area (Å²) in [5, 5.41) is 6.52. The molecule has 0 aliphatic carbocycles. The first kappa shape index (κ1) is 13.3. The average molecular weight is 262 g/mol. The van der Waals surface area contributed by atoms with Crippen LogP contribution in [-0.2, 0) is 6.42 Å². The lowest BCUT2D eigenvalue weighted by atomic mass is 10.2. The smallest absolute Gasteiger partial charge is 0.251 e. The predicted octanol–water partition coefficient (Wildman–Crippen LogP) is 2.48. The van der Waals surface area contributed by atoms with E-state index < -0.39 is 5.82 Å². The Balaban J connectivity index is 1.75. The van der Waals surface area contributed by atoms with Gasteiger partial charge in [0, 0.05) is 24.6 Å². The van der Waals surface area contributed by atoms with Crippen LogP contribution in [0.2, 0.25) is 0 Å². The van der Waals surface area contributed by atoms with Gasteiger partial charge in [0.05, 0.1) is 5.69 Å². The molecule has 0 radical (unpaired) electrons. The van der Waals surface area contributed by atoms with Gasteiger partial charge in [-0.1, -0.05) is 11.2 Å². The van der Waals surface area contributed by atoms with Crippen LogP contribution >= 0.6 is 0 Å². The van der Waals surface area contributed by atoms with Gasteiger partial charge in [-0.15, -0.1) is 0 Å². The number of aryl methyl sites for hydroxylation is 2. The summed E-state index contributed by atoms with van der Waals surface area (Å²) in [4.78, 5) is 11.7.